The summed E-state index contributed by atoms with van der Waals surface area (Å²) in [5.74, 6) is -0.669. The fourth-order valence-electron chi connectivity index (χ4n) is 2.13. The van der Waals surface area contributed by atoms with Gasteiger partial charge in [0.2, 0.25) is 0 Å². The van der Waals surface area contributed by atoms with E-state index in [-0.39, 0.29) is 5.56 Å². The molecule has 2 rings (SSSR count). The Morgan fingerprint density at radius 3 is 2.61 bits per heavy atom. The lowest BCUT2D eigenvalue weighted by Crippen LogP contribution is -2.07. The molecule has 4 nitrogen and oxygen atoms in total. The molecule has 0 unspecified atom stereocenters. The molecule has 0 spiro atoms. The van der Waals surface area contributed by atoms with Gasteiger partial charge in [0.05, 0.1) is 19.3 Å². The molecule has 0 aliphatic rings. The molecule has 0 radical (unpaired) electrons. The largest absolute Gasteiger partial charge is 0.493 e. The van der Waals surface area contributed by atoms with E-state index in [9.17, 15) is 9.18 Å². The second kappa shape index (κ2) is 7.45. The number of ether oxygens (including phenoxy) is 2. The average Bonchev–Trinajstić information content (AvgIpc) is 2.54. The Hall–Kier alpha value is -2.82. The Morgan fingerprint density at radius 1 is 1.22 bits per heavy atom. The minimum absolute atomic E-state index is 0.0815. The van der Waals surface area contributed by atoms with Crippen molar-refractivity contribution in [3.8, 4) is 5.75 Å². The third-order valence-electron chi connectivity index (χ3n) is 3.32. The fraction of sp³-hybridized carbons (Fsp3) is 0.167. The van der Waals surface area contributed by atoms with Crippen LogP contribution in [0, 0.1) is 5.82 Å². The molecule has 0 heterocycles. The Kier molecular flexibility index (Phi) is 5.36. The highest BCUT2D eigenvalue weighted by Crippen LogP contribution is 2.22. The summed E-state index contributed by atoms with van der Waals surface area (Å²) in [6.45, 7) is 4.05. The van der Waals surface area contributed by atoms with Crippen molar-refractivity contribution in [2.24, 2.45) is 5.73 Å². The van der Waals surface area contributed by atoms with Gasteiger partial charge in [0.15, 0.2) is 0 Å². The number of carbonyl (C=O) groups is 1. The number of hydrogen-bond donors (Lipinski definition) is 1. The Bertz CT molecular complexity index is 728. The molecule has 0 atom stereocenters. The third-order valence-corrected chi connectivity index (χ3v) is 3.32. The van der Waals surface area contributed by atoms with Crippen molar-refractivity contribution in [2.45, 2.75) is 6.42 Å². The quantitative estimate of drug-likeness (QED) is 0.832. The van der Waals surface area contributed by atoms with Crippen LogP contribution in [-0.2, 0) is 11.2 Å². The summed E-state index contributed by atoms with van der Waals surface area (Å²) in [6.07, 6.45) is 0.490. The maximum atomic E-state index is 13.8. The molecular formula is C18H18FNO3. The Balaban J connectivity index is 2.01. The summed E-state index contributed by atoms with van der Waals surface area (Å²) in [5.41, 5.74) is 7.51. The molecule has 0 aromatic heterocycles. The normalized spacial score (nSPS) is 10.2. The van der Waals surface area contributed by atoms with Crippen LogP contribution in [0.25, 0.3) is 5.70 Å². The summed E-state index contributed by atoms with van der Waals surface area (Å²) in [6, 6.07) is 11.7. The minimum atomic E-state index is -0.694. The molecule has 120 valence electrons. The van der Waals surface area contributed by atoms with Crippen molar-refractivity contribution in [2.75, 3.05) is 13.7 Å². The highest BCUT2D eigenvalue weighted by atomic mass is 19.1. The second-order valence-corrected chi connectivity index (χ2v) is 4.93. The van der Waals surface area contributed by atoms with Gasteiger partial charge < -0.3 is 15.2 Å². The van der Waals surface area contributed by atoms with Crippen LogP contribution in [0.4, 0.5) is 4.39 Å². The van der Waals surface area contributed by atoms with Crippen LogP contribution in [-0.4, -0.2) is 19.7 Å². The monoisotopic (exact) mass is 315 g/mol. The molecule has 2 aromatic carbocycles. The standard InChI is InChI=1S/C18H18FNO3/c1-12(20)14-5-3-4-6-17(14)23-10-9-13-7-8-15(16(19)11-13)18(21)22-2/h3-8,11H,1,9-10,20H2,2H3. The molecule has 5 heteroatoms. The summed E-state index contributed by atoms with van der Waals surface area (Å²) >= 11 is 0. The van der Waals surface area contributed by atoms with E-state index in [0.29, 0.717) is 24.5 Å². The van der Waals surface area contributed by atoms with Gasteiger partial charge in [-0.15, -0.1) is 0 Å². The van der Waals surface area contributed by atoms with E-state index < -0.39 is 11.8 Å². The van der Waals surface area contributed by atoms with Crippen molar-refractivity contribution in [1.29, 1.82) is 0 Å². The smallest absolute Gasteiger partial charge is 0.340 e. The number of para-hydroxylation sites is 1. The number of halogens is 1. The highest BCUT2D eigenvalue weighted by Gasteiger charge is 2.12. The van der Waals surface area contributed by atoms with Crippen LogP contribution in [0.1, 0.15) is 21.5 Å². The number of methoxy groups -OCH3 is 1. The Morgan fingerprint density at radius 2 is 1.96 bits per heavy atom. The van der Waals surface area contributed by atoms with Crippen LogP contribution >= 0.6 is 0 Å². The van der Waals surface area contributed by atoms with Gasteiger partial charge in [-0.2, -0.15) is 0 Å². The molecule has 23 heavy (non-hydrogen) atoms. The van der Waals surface area contributed by atoms with E-state index in [1.54, 1.807) is 12.1 Å². The molecule has 2 aromatic rings. The van der Waals surface area contributed by atoms with E-state index in [1.807, 2.05) is 18.2 Å². The van der Waals surface area contributed by atoms with E-state index >= 15 is 0 Å². The predicted octanol–water partition coefficient (Wildman–Crippen LogP) is 3.16. The zero-order chi connectivity index (χ0) is 16.8. The lowest BCUT2D eigenvalue weighted by Gasteiger charge is -2.11. The van der Waals surface area contributed by atoms with Crippen molar-refractivity contribution < 1.29 is 18.7 Å². The number of benzene rings is 2. The van der Waals surface area contributed by atoms with Crippen molar-refractivity contribution in [1.82, 2.24) is 0 Å². The molecule has 0 amide bonds. The van der Waals surface area contributed by atoms with E-state index in [1.165, 1.54) is 19.2 Å². The number of hydrogen-bond acceptors (Lipinski definition) is 4. The van der Waals surface area contributed by atoms with E-state index in [0.717, 1.165) is 11.1 Å². The van der Waals surface area contributed by atoms with Crippen molar-refractivity contribution in [3.63, 3.8) is 0 Å². The molecular weight excluding hydrogens is 297 g/mol. The van der Waals surface area contributed by atoms with Crippen LogP contribution in [0.5, 0.6) is 5.75 Å². The van der Waals surface area contributed by atoms with Gasteiger partial charge in [-0.3, -0.25) is 0 Å². The highest BCUT2D eigenvalue weighted by molar-refractivity contribution is 5.89. The molecule has 0 saturated carbocycles. The number of carbonyl (C=O) groups excluding carboxylic acids is 1. The second-order valence-electron chi connectivity index (χ2n) is 4.93. The van der Waals surface area contributed by atoms with Crippen LogP contribution in [0.2, 0.25) is 0 Å². The van der Waals surface area contributed by atoms with Gasteiger partial charge >= 0.3 is 5.97 Å². The first-order chi connectivity index (χ1) is 11.0. The van der Waals surface area contributed by atoms with Gasteiger partial charge in [-0.1, -0.05) is 24.8 Å². The molecule has 0 aliphatic carbocycles. The topological polar surface area (TPSA) is 61.5 Å². The van der Waals surface area contributed by atoms with Gasteiger partial charge in [-0.05, 0) is 29.8 Å². The lowest BCUT2D eigenvalue weighted by atomic mass is 10.1. The summed E-state index contributed by atoms with van der Waals surface area (Å²) in [4.78, 5) is 11.3. The van der Waals surface area contributed by atoms with E-state index in [4.69, 9.17) is 10.5 Å². The van der Waals surface area contributed by atoms with Crippen LogP contribution in [0.3, 0.4) is 0 Å². The SMILES string of the molecule is C=C(N)c1ccccc1OCCc1ccc(C(=O)OC)c(F)c1. The molecule has 2 N–H and O–H groups in total. The zero-order valence-corrected chi connectivity index (χ0v) is 12.8. The average molecular weight is 315 g/mol. The maximum absolute atomic E-state index is 13.8. The number of rotatable bonds is 6. The number of nitrogens with two attached hydrogens (primary N) is 1. The van der Waals surface area contributed by atoms with Gasteiger partial charge in [-0.25, -0.2) is 9.18 Å². The lowest BCUT2D eigenvalue weighted by molar-refractivity contribution is 0.0595. The molecule has 0 saturated heterocycles. The Labute approximate surface area is 134 Å². The minimum Gasteiger partial charge on any atom is -0.493 e. The number of esters is 1. The first-order valence-electron chi connectivity index (χ1n) is 7.06. The molecule has 0 bridgehead atoms. The fourth-order valence-corrected chi connectivity index (χ4v) is 2.13. The third kappa shape index (κ3) is 4.10. The first-order valence-corrected chi connectivity index (χ1v) is 7.06. The summed E-state index contributed by atoms with van der Waals surface area (Å²) in [7, 11) is 1.21. The zero-order valence-electron chi connectivity index (χ0n) is 12.8. The van der Waals surface area contributed by atoms with Crippen molar-refractivity contribution >= 4 is 11.7 Å². The van der Waals surface area contributed by atoms with E-state index in [2.05, 4.69) is 11.3 Å². The first kappa shape index (κ1) is 16.5. The van der Waals surface area contributed by atoms with Gasteiger partial charge in [0.1, 0.15) is 11.6 Å². The van der Waals surface area contributed by atoms with Crippen LogP contribution < -0.4 is 10.5 Å². The van der Waals surface area contributed by atoms with Gasteiger partial charge in [0.25, 0.3) is 0 Å². The summed E-state index contributed by atoms with van der Waals surface area (Å²) in [5, 5.41) is 0. The molecule has 0 aliphatic heterocycles. The molecule has 0 fully saturated rings. The van der Waals surface area contributed by atoms with Gasteiger partial charge in [0, 0.05) is 17.7 Å². The maximum Gasteiger partial charge on any atom is 0.340 e. The predicted molar refractivity (Wildman–Crippen MR) is 86.6 cm³/mol. The van der Waals surface area contributed by atoms with Crippen LogP contribution in [0.15, 0.2) is 49.0 Å². The summed E-state index contributed by atoms with van der Waals surface area (Å²) < 4.78 is 24.0. The van der Waals surface area contributed by atoms with Crippen molar-refractivity contribution in [3.05, 3.63) is 71.6 Å².